The monoisotopic (exact) mass is 395 g/mol. The van der Waals surface area contributed by atoms with Gasteiger partial charge in [-0.3, -0.25) is 4.79 Å². The van der Waals surface area contributed by atoms with Crippen LogP contribution in [0, 0.1) is 11.6 Å². The molecule has 0 N–H and O–H groups in total. The maximum atomic E-state index is 13.4. The van der Waals surface area contributed by atoms with Crippen LogP contribution in [0.1, 0.15) is 5.56 Å². The Morgan fingerprint density at radius 3 is 2.38 bits per heavy atom. The van der Waals surface area contributed by atoms with Crippen molar-refractivity contribution in [2.24, 2.45) is 0 Å². The zero-order valence-corrected chi connectivity index (χ0v) is 15.3. The first-order valence-electron chi connectivity index (χ1n) is 8.66. The number of methoxy groups -OCH3 is 1. The minimum Gasteiger partial charge on any atom is -0.497 e. The Balaban J connectivity index is 1.63. The van der Waals surface area contributed by atoms with E-state index in [-0.39, 0.29) is 18.0 Å². The molecule has 0 spiro atoms. The van der Waals surface area contributed by atoms with E-state index in [4.69, 9.17) is 9.26 Å². The Morgan fingerprint density at radius 1 is 1.00 bits per heavy atom. The molecule has 0 saturated heterocycles. The molecule has 6 nitrogen and oxygen atoms in total. The second-order valence-corrected chi connectivity index (χ2v) is 6.31. The van der Waals surface area contributed by atoms with Gasteiger partial charge in [-0.15, -0.1) is 0 Å². The van der Waals surface area contributed by atoms with Crippen molar-refractivity contribution in [3.05, 3.63) is 88.3 Å². The van der Waals surface area contributed by atoms with E-state index in [2.05, 4.69) is 10.1 Å². The molecule has 4 aromatic rings. The van der Waals surface area contributed by atoms with E-state index in [1.54, 1.807) is 37.4 Å². The second kappa shape index (κ2) is 7.67. The van der Waals surface area contributed by atoms with Crippen molar-refractivity contribution in [2.45, 2.75) is 6.54 Å². The predicted octanol–water partition coefficient (Wildman–Crippen LogP) is 3.90. The molecule has 2 heterocycles. The van der Waals surface area contributed by atoms with E-state index >= 15 is 0 Å². The molecule has 0 amide bonds. The lowest BCUT2D eigenvalue weighted by Crippen LogP contribution is -2.19. The van der Waals surface area contributed by atoms with Gasteiger partial charge < -0.3 is 13.8 Å². The highest BCUT2D eigenvalue weighted by molar-refractivity contribution is 5.59. The van der Waals surface area contributed by atoms with Gasteiger partial charge in [-0.05, 0) is 48.0 Å². The van der Waals surface area contributed by atoms with E-state index in [0.717, 1.165) is 11.6 Å². The van der Waals surface area contributed by atoms with Crippen LogP contribution in [0.5, 0.6) is 5.75 Å². The van der Waals surface area contributed by atoms with Crippen molar-refractivity contribution in [3.8, 4) is 28.6 Å². The number of halogens is 2. The van der Waals surface area contributed by atoms with E-state index in [9.17, 15) is 13.6 Å². The molecule has 0 fully saturated rings. The average molecular weight is 395 g/mol. The van der Waals surface area contributed by atoms with Gasteiger partial charge in [0.1, 0.15) is 17.4 Å². The minimum atomic E-state index is -0.703. The fraction of sp³-hybridized carbons (Fsp3) is 0.0952. The van der Waals surface area contributed by atoms with Crippen LogP contribution >= 0.6 is 0 Å². The number of ether oxygens (including phenoxy) is 1. The molecule has 0 unspecified atom stereocenters. The van der Waals surface area contributed by atoms with Crippen molar-refractivity contribution in [1.82, 2.24) is 14.7 Å². The van der Waals surface area contributed by atoms with Gasteiger partial charge in [-0.2, -0.15) is 4.98 Å². The fourth-order valence-electron chi connectivity index (χ4n) is 2.88. The number of hydrogen-bond acceptors (Lipinski definition) is 5. The molecule has 0 aliphatic rings. The van der Waals surface area contributed by atoms with Crippen molar-refractivity contribution in [1.29, 1.82) is 0 Å². The average Bonchev–Trinajstić information content (AvgIpc) is 3.19. The van der Waals surface area contributed by atoms with Crippen LogP contribution in [-0.4, -0.2) is 21.8 Å². The zero-order chi connectivity index (χ0) is 20.4. The van der Waals surface area contributed by atoms with Crippen molar-refractivity contribution in [3.63, 3.8) is 0 Å². The lowest BCUT2D eigenvalue weighted by molar-refractivity contribution is 0.415. The Labute approximate surface area is 164 Å². The first kappa shape index (κ1) is 18.5. The minimum absolute atomic E-state index is 0.000821. The van der Waals surface area contributed by atoms with Crippen LogP contribution in [0.2, 0.25) is 0 Å². The summed E-state index contributed by atoms with van der Waals surface area (Å²) in [5.74, 6) is -0.101. The Morgan fingerprint density at radius 2 is 1.69 bits per heavy atom. The second-order valence-electron chi connectivity index (χ2n) is 6.31. The summed E-state index contributed by atoms with van der Waals surface area (Å²) in [4.78, 5) is 16.5. The third-order valence-electron chi connectivity index (χ3n) is 4.28. The van der Waals surface area contributed by atoms with Crippen LogP contribution in [0.3, 0.4) is 0 Å². The number of hydrogen-bond donors (Lipinski definition) is 0. The molecule has 0 aliphatic heterocycles. The van der Waals surface area contributed by atoms with Crippen molar-refractivity contribution >= 4 is 0 Å². The third-order valence-corrected chi connectivity index (χ3v) is 4.28. The highest BCUT2D eigenvalue weighted by Crippen LogP contribution is 2.23. The maximum absolute atomic E-state index is 13.4. The first-order valence-corrected chi connectivity index (χ1v) is 8.66. The van der Waals surface area contributed by atoms with Gasteiger partial charge >= 0.3 is 0 Å². The summed E-state index contributed by atoms with van der Waals surface area (Å²) in [5.41, 5.74) is 1.25. The van der Waals surface area contributed by atoms with Gasteiger partial charge in [0.25, 0.3) is 11.4 Å². The summed E-state index contributed by atoms with van der Waals surface area (Å²) in [6.45, 7) is 0.000821. The molecule has 0 saturated carbocycles. The SMILES string of the molecule is COc1ccc(-c2noc(-c3ccc(=O)n(Cc4cc(F)cc(F)c4)c3)n2)cc1. The molecule has 4 rings (SSSR count). The molecule has 8 heteroatoms. The normalized spacial score (nSPS) is 10.9. The first-order chi connectivity index (χ1) is 14.0. The van der Waals surface area contributed by atoms with Crippen LogP contribution in [0.15, 0.2) is 70.1 Å². The van der Waals surface area contributed by atoms with Crippen LogP contribution in [0.25, 0.3) is 22.8 Å². The van der Waals surface area contributed by atoms with E-state index in [1.165, 1.54) is 29.0 Å². The van der Waals surface area contributed by atoms with Crippen molar-refractivity contribution < 1.29 is 18.0 Å². The Hall–Kier alpha value is -3.81. The zero-order valence-electron chi connectivity index (χ0n) is 15.3. The van der Waals surface area contributed by atoms with Gasteiger partial charge in [0, 0.05) is 23.9 Å². The summed E-state index contributed by atoms with van der Waals surface area (Å²) in [6, 6.07) is 13.2. The van der Waals surface area contributed by atoms with E-state index in [1.807, 2.05) is 0 Å². The summed E-state index contributed by atoms with van der Waals surface area (Å²) in [5, 5.41) is 3.96. The summed E-state index contributed by atoms with van der Waals surface area (Å²) >= 11 is 0. The Bertz CT molecular complexity index is 1200. The smallest absolute Gasteiger partial charge is 0.259 e. The van der Waals surface area contributed by atoms with Gasteiger partial charge in [0.05, 0.1) is 19.2 Å². The molecule has 146 valence electrons. The number of benzene rings is 2. The van der Waals surface area contributed by atoms with Gasteiger partial charge in [0.2, 0.25) is 5.82 Å². The molecule has 0 aliphatic carbocycles. The summed E-state index contributed by atoms with van der Waals surface area (Å²) in [7, 11) is 1.58. The largest absolute Gasteiger partial charge is 0.497 e. The van der Waals surface area contributed by atoms with Gasteiger partial charge in [-0.25, -0.2) is 8.78 Å². The highest BCUT2D eigenvalue weighted by Gasteiger charge is 2.12. The molecule has 0 bridgehead atoms. The van der Waals surface area contributed by atoms with Crippen molar-refractivity contribution in [2.75, 3.05) is 7.11 Å². The maximum Gasteiger partial charge on any atom is 0.259 e. The number of nitrogens with zero attached hydrogens (tertiary/aromatic N) is 3. The lowest BCUT2D eigenvalue weighted by atomic mass is 10.2. The quantitative estimate of drug-likeness (QED) is 0.513. The highest BCUT2D eigenvalue weighted by atomic mass is 19.1. The number of rotatable bonds is 5. The molecule has 2 aromatic heterocycles. The molecular weight excluding hydrogens is 380 g/mol. The Kier molecular flexibility index (Phi) is 4.90. The summed E-state index contributed by atoms with van der Waals surface area (Å²) < 4.78 is 38.6. The lowest BCUT2D eigenvalue weighted by Gasteiger charge is -2.07. The molecule has 0 radical (unpaired) electrons. The number of pyridine rings is 1. The standard InChI is InChI=1S/C21H15F2N3O3/c1-28-18-5-2-14(3-6-18)20-24-21(29-25-20)15-4-7-19(27)26(12-15)11-13-8-16(22)10-17(23)9-13/h2-10,12H,11H2,1H3. The number of aromatic nitrogens is 3. The molecular formula is C21H15F2N3O3. The van der Waals surface area contributed by atoms with E-state index in [0.29, 0.717) is 22.7 Å². The van der Waals surface area contributed by atoms with Crippen LogP contribution in [-0.2, 0) is 6.54 Å². The van der Waals surface area contributed by atoms with E-state index < -0.39 is 11.6 Å². The fourth-order valence-corrected chi connectivity index (χ4v) is 2.88. The van der Waals surface area contributed by atoms with Crippen LogP contribution < -0.4 is 10.3 Å². The van der Waals surface area contributed by atoms with Crippen LogP contribution in [0.4, 0.5) is 8.78 Å². The molecule has 0 atom stereocenters. The van der Waals surface area contributed by atoms with Gasteiger partial charge in [-0.1, -0.05) is 5.16 Å². The third kappa shape index (κ3) is 4.06. The van der Waals surface area contributed by atoms with Gasteiger partial charge in [0.15, 0.2) is 0 Å². The predicted molar refractivity (Wildman–Crippen MR) is 101 cm³/mol. The topological polar surface area (TPSA) is 70.2 Å². The summed E-state index contributed by atoms with van der Waals surface area (Å²) in [6.07, 6.45) is 1.51. The molecule has 29 heavy (non-hydrogen) atoms. The molecule has 2 aromatic carbocycles.